The summed E-state index contributed by atoms with van der Waals surface area (Å²) >= 11 is 2.43. The first-order valence-corrected chi connectivity index (χ1v) is 10.9. The van der Waals surface area contributed by atoms with Gasteiger partial charge >= 0.3 is 0 Å². The third-order valence-corrected chi connectivity index (χ3v) is 6.60. The largest absolute Gasteiger partial charge is 0.318 e. The zero-order chi connectivity index (χ0) is 22.1. The van der Waals surface area contributed by atoms with Crippen LogP contribution in [0, 0.1) is 24.0 Å². The highest BCUT2D eigenvalue weighted by Gasteiger charge is 2.25. The van der Waals surface area contributed by atoms with Crippen molar-refractivity contribution in [3.63, 3.8) is 0 Å². The Morgan fingerprint density at radius 3 is 2.16 bits per heavy atom. The average Bonchev–Trinajstić information content (AvgIpc) is 3.20. The van der Waals surface area contributed by atoms with E-state index in [-0.39, 0.29) is 29.2 Å². The molecule has 4 rings (SSSR count). The van der Waals surface area contributed by atoms with Crippen LogP contribution in [0.1, 0.15) is 17.0 Å². The van der Waals surface area contributed by atoms with E-state index < -0.39 is 4.92 Å². The van der Waals surface area contributed by atoms with Gasteiger partial charge in [-0.3, -0.25) is 25.0 Å². The van der Waals surface area contributed by atoms with Gasteiger partial charge < -0.3 is 4.57 Å². The fourth-order valence-electron chi connectivity index (χ4n) is 3.33. The molecule has 0 atom stereocenters. The van der Waals surface area contributed by atoms with Crippen molar-refractivity contribution in [2.45, 2.75) is 23.6 Å². The molecule has 1 fully saturated rings. The van der Waals surface area contributed by atoms with E-state index in [1.807, 2.05) is 44.2 Å². The van der Waals surface area contributed by atoms with E-state index in [0.717, 1.165) is 44.2 Å². The summed E-state index contributed by atoms with van der Waals surface area (Å²) in [6, 6.07) is 16.5. The number of imide groups is 1. The minimum Gasteiger partial charge on any atom is -0.318 e. The lowest BCUT2D eigenvalue weighted by Crippen LogP contribution is -2.17. The molecule has 0 bridgehead atoms. The number of carbonyl (C=O) groups is 2. The number of benzene rings is 2. The Morgan fingerprint density at radius 2 is 1.62 bits per heavy atom. The standard InChI is InChI=1S/C22H17N3O4S2.ClH/c1-13-11-15(12-20-21(26)23-22(27)31-20)14(2)24(13)16-3-7-18(8-4-16)30-19-9-5-17(6-10-19)25(28)29;/h3-12H,1-2H3,(H,23,26,27);1H/b20-12+;. The lowest BCUT2D eigenvalue weighted by atomic mass is 10.2. The molecular weight excluding hydrogens is 470 g/mol. The Kier molecular flexibility index (Phi) is 7.12. The van der Waals surface area contributed by atoms with E-state index in [1.54, 1.807) is 18.2 Å². The normalized spacial score (nSPS) is 14.4. The van der Waals surface area contributed by atoms with Crippen LogP contribution in [0.2, 0.25) is 0 Å². The number of non-ortho nitro benzene ring substituents is 1. The van der Waals surface area contributed by atoms with Crippen molar-refractivity contribution in [2.24, 2.45) is 0 Å². The van der Waals surface area contributed by atoms with Gasteiger partial charge in [-0.25, -0.2) is 0 Å². The molecule has 1 aromatic heterocycles. The van der Waals surface area contributed by atoms with E-state index >= 15 is 0 Å². The summed E-state index contributed by atoms with van der Waals surface area (Å²) in [4.78, 5) is 35.9. The molecule has 0 radical (unpaired) electrons. The van der Waals surface area contributed by atoms with Gasteiger partial charge in [-0.1, -0.05) is 11.8 Å². The van der Waals surface area contributed by atoms with Crippen molar-refractivity contribution < 1.29 is 14.5 Å². The first kappa shape index (κ1) is 23.6. The maximum Gasteiger partial charge on any atom is 0.290 e. The highest BCUT2D eigenvalue weighted by atomic mass is 35.5. The van der Waals surface area contributed by atoms with Crippen LogP contribution in [-0.2, 0) is 4.79 Å². The molecule has 1 aliphatic rings. The smallest absolute Gasteiger partial charge is 0.290 e. The predicted molar refractivity (Wildman–Crippen MR) is 129 cm³/mol. The summed E-state index contributed by atoms with van der Waals surface area (Å²) in [6.07, 6.45) is 1.74. The minimum atomic E-state index is -0.412. The number of rotatable bonds is 5. The molecule has 1 saturated heterocycles. The maximum absolute atomic E-state index is 11.8. The van der Waals surface area contributed by atoms with Crippen molar-refractivity contribution in [2.75, 3.05) is 0 Å². The Morgan fingerprint density at radius 1 is 1.03 bits per heavy atom. The maximum atomic E-state index is 11.8. The van der Waals surface area contributed by atoms with Gasteiger partial charge in [-0.05, 0) is 79.7 Å². The lowest BCUT2D eigenvalue weighted by Gasteiger charge is -2.11. The minimum absolute atomic E-state index is 0. The highest BCUT2D eigenvalue weighted by Crippen LogP contribution is 2.32. The third kappa shape index (κ3) is 4.90. The van der Waals surface area contributed by atoms with Gasteiger partial charge in [-0.2, -0.15) is 0 Å². The second kappa shape index (κ2) is 9.64. The number of nitro benzene ring substituents is 1. The molecule has 32 heavy (non-hydrogen) atoms. The number of halogens is 1. The topological polar surface area (TPSA) is 94.2 Å². The van der Waals surface area contributed by atoms with Crippen LogP contribution in [0.15, 0.2) is 69.3 Å². The van der Waals surface area contributed by atoms with Gasteiger partial charge in [0.25, 0.3) is 16.8 Å². The first-order valence-electron chi connectivity index (χ1n) is 9.28. The number of nitrogens with one attached hydrogen (secondary N) is 1. The molecule has 2 aromatic carbocycles. The number of nitrogens with zero attached hydrogens (tertiary/aromatic N) is 2. The van der Waals surface area contributed by atoms with Crippen LogP contribution in [-0.4, -0.2) is 20.6 Å². The molecular formula is C22H18ClN3O4S2. The van der Waals surface area contributed by atoms with Gasteiger partial charge in [0, 0.05) is 39.0 Å². The summed E-state index contributed by atoms with van der Waals surface area (Å²) in [5.74, 6) is -0.368. The third-order valence-electron chi connectivity index (χ3n) is 4.78. The number of amides is 2. The molecule has 0 spiro atoms. The van der Waals surface area contributed by atoms with E-state index in [4.69, 9.17) is 0 Å². The van der Waals surface area contributed by atoms with Gasteiger partial charge in [0.15, 0.2) is 0 Å². The van der Waals surface area contributed by atoms with Crippen LogP contribution in [0.3, 0.4) is 0 Å². The van der Waals surface area contributed by atoms with Crippen LogP contribution >= 0.6 is 35.9 Å². The number of thioether (sulfide) groups is 1. The molecule has 1 aliphatic heterocycles. The summed E-state index contributed by atoms with van der Waals surface area (Å²) < 4.78 is 2.09. The predicted octanol–water partition coefficient (Wildman–Crippen LogP) is 5.90. The number of nitro groups is 1. The second-order valence-electron chi connectivity index (χ2n) is 6.86. The second-order valence-corrected chi connectivity index (χ2v) is 9.02. The van der Waals surface area contributed by atoms with Gasteiger partial charge in [0.1, 0.15) is 0 Å². The molecule has 2 heterocycles. The number of hydrogen-bond acceptors (Lipinski definition) is 6. The molecule has 164 valence electrons. The summed E-state index contributed by atoms with van der Waals surface area (Å²) in [5, 5.41) is 12.7. The van der Waals surface area contributed by atoms with Crippen molar-refractivity contribution >= 4 is 58.8 Å². The summed E-state index contributed by atoms with van der Waals surface area (Å²) in [6.45, 7) is 3.96. The zero-order valence-corrected chi connectivity index (χ0v) is 19.5. The highest BCUT2D eigenvalue weighted by molar-refractivity contribution is 8.18. The van der Waals surface area contributed by atoms with Crippen LogP contribution < -0.4 is 5.32 Å². The Labute approximate surface area is 198 Å². The lowest BCUT2D eigenvalue weighted by molar-refractivity contribution is -0.384. The van der Waals surface area contributed by atoms with E-state index in [9.17, 15) is 19.7 Å². The zero-order valence-electron chi connectivity index (χ0n) is 17.0. The average molecular weight is 488 g/mol. The number of hydrogen-bond donors (Lipinski definition) is 1. The van der Waals surface area contributed by atoms with Crippen molar-refractivity contribution in [1.29, 1.82) is 0 Å². The fraction of sp³-hybridized carbons (Fsp3) is 0.0909. The number of aromatic nitrogens is 1. The Balaban J connectivity index is 0.00000289. The molecule has 0 saturated carbocycles. The molecule has 0 unspecified atom stereocenters. The van der Waals surface area contributed by atoms with Crippen molar-refractivity contribution in [1.82, 2.24) is 9.88 Å². The SMILES string of the molecule is Cc1cc(/C=C2/SC(=O)NC2=O)c(C)n1-c1ccc(Sc2ccc([N+](=O)[O-])cc2)cc1.Cl. The Bertz CT molecular complexity index is 1240. The molecule has 0 aliphatic carbocycles. The number of carbonyl (C=O) groups excluding carboxylic acids is 2. The Hall–Kier alpha value is -3.01. The van der Waals surface area contributed by atoms with Crippen molar-refractivity contribution in [3.8, 4) is 5.69 Å². The monoisotopic (exact) mass is 487 g/mol. The van der Waals surface area contributed by atoms with Gasteiger partial charge in [0.2, 0.25) is 0 Å². The van der Waals surface area contributed by atoms with Crippen molar-refractivity contribution in [3.05, 3.63) is 86.6 Å². The molecule has 3 aromatic rings. The van der Waals surface area contributed by atoms with E-state index in [0.29, 0.717) is 4.91 Å². The van der Waals surface area contributed by atoms with Gasteiger partial charge in [0.05, 0.1) is 9.83 Å². The van der Waals surface area contributed by atoms with E-state index in [1.165, 1.54) is 23.9 Å². The molecule has 1 N–H and O–H groups in total. The number of aryl methyl sites for hydroxylation is 1. The first-order chi connectivity index (χ1) is 14.8. The van der Waals surface area contributed by atoms with Crippen LogP contribution in [0.5, 0.6) is 0 Å². The summed E-state index contributed by atoms with van der Waals surface area (Å²) in [5.41, 5.74) is 3.91. The molecule has 7 nitrogen and oxygen atoms in total. The fourth-order valence-corrected chi connectivity index (χ4v) is 4.82. The summed E-state index contributed by atoms with van der Waals surface area (Å²) in [7, 11) is 0. The van der Waals surface area contributed by atoms with Crippen LogP contribution in [0.4, 0.5) is 10.5 Å². The molecule has 10 heteroatoms. The quantitative estimate of drug-likeness (QED) is 0.273. The molecule has 2 amide bonds. The van der Waals surface area contributed by atoms with E-state index in [2.05, 4.69) is 9.88 Å². The van der Waals surface area contributed by atoms with Gasteiger partial charge in [-0.15, -0.1) is 12.4 Å². The van der Waals surface area contributed by atoms with Crippen LogP contribution in [0.25, 0.3) is 11.8 Å².